The van der Waals surface area contributed by atoms with Crippen molar-refractivity contribution in [3.05, 3.63) is 53.6 Å². The lowest BCUT2D eigenvalue weighted by Gasteiger charge is -2.13. The second-order valence-electron chi connectivity index (χ2n) is 5.14. The average molecular weight is 360 g/mol. The van der Waals surface area contributed by atoms with Gasteiger partial charge in [0.05, 0.1) is 26.9 Å². The number of carbonyl (C=O) groups is 2. The van der Waals surface area contributed by atoms with Crippen molar-refractivity contribution in [2.24, 2.45) is 0 Å². The fourth-order valence-corrected chi connectivity index (χ4v) is 2.19. The van der Waals surface area contributed by atoms with E-state index in [0.29, 0.717) is 17.2 Å². The van der Waals surface area contributed by atoms with Crippen molar-refractivity contribution in [2.75, 3.05) is 27.9 Å². The maximum Gasteiger partial charge on any atom is 0.344 e. The van der Waals surface area contributed by atoms with Gasteiger partial charge in [-0.2, -0.15) is 0 Å². The van der Waals surface area contributed by atoms with Gasteiger partial charge >= 0.3 is 11.9 Å². The van der Waals surface area contributed by atoms with Crippen LogP contribution in [0.3, 0.4) is 0 Å². The second kappa shape index (κ2) is 9.31. The predicted molar refractivity (Wildman–Crippen MR) is 92.6 cm³/mol. The van der Waals surface area contributed by atoms with Gasteiger partial charge in [0.1, 0.15) is 6.61 Å². The molecule has 0 unspecified atom stereocenters. The van der Waals surface area contributed by atoms with Gasteiger partial charge in [-0.3, -0.25) is 0 Å². The van der Waals surface area contributed by atoms with Crippen molar-refractivity contribution >= 4 is 11.9 Å². The molecule has 2 aromatic carbocycles. The molecule has 0 saturated heterocycles. The van der Waals surface area contributed by atoms with E-state index in [9.17, 15) is 9.59 Å². The molecule has 0 aromatic heterocycles. The second-order valence-corrected chi connectivity index (χ2v) is 5.14. The molecule has 0 spiro atoms. The van der Waals surface area contributed by atoms with Gasteiger partial charge in [-0.15, -0.1) is 0 Å². The van der Waals surface area contributed by atoms with Crippen LogP contribution < -0.4 is 14.2 Å². The highest BCUT2D eigenvalue weighted by molar-refractivity contribution is 5.92. The SMILES string of the molecule is COc1cc(C(=O)OCC(=O)OCc2ccccc2)cc(OC)c1OC. The molecule has 0 fully saturated rings. The fourth-order valence-electron chi connectivity index (χ4n) is 2.19. The van der Waals surface area contributed by atoms with E-state index in [1.54, 1.807) is 0 Å². The molecule has 0 radical (unpaired) electrons. The van der Waals surface area contributed by atoms with Crippen molar-refractivity contribution in [2.45, 2.75) is 6.61 Å². The minimum Gasteiger partial charge on any atom is -0.493 e. The summed E-state index contributed by atoms with van der Waals surface area (Å²) in [5, 5.41) is 0. The molecular formula is C19H20O7. The lowest BCUT2D eigenvalue weighted by atomic mass is 10.2. The first-order valence-corrected chi connectivity index (χ1v) is 7.75. The Morgan fingerprint density at radius 1 is 0.846 bits per heavy atom. The number of rotatable bonds is 8. The van der Waals surface area contributed by atoms with E-state index in [-0.39, 0.29) is 12.2 Å². The summed E-state index contributed by atoms with van der Waals surface area (Å²) in [6.07, 6.45) is 0. The van der Waals surface area contributed by atoms with E-state index in [0.717, 1.165) is 5.56 Å². The zero-order chi connectivity index (χ0) is 18.9. The smallest absolute Gasteiger partial charge is 0.344 e. The van der Waals surface area contributed by atoms with Crippen LogP contribution in [0, 0.1) is 0 Å². The zero-order valence-electron chi connectivity index (χ0n) is 14.8. The number of carbonyl (C=O) groups excluding carboxylic acids is 2. The van der Waals surface area contributed by atoms with Crippen LogP contribution in [-0.2, 0) is 20.9 Å². The predicted octanol–water partition coefficient (Wildman–Crippen LogP) is 2.61. The third-order valence-electron chi connectivity index (χ3n) is 3.46. The van der Waals surface area contributed by atoms with E-state index >= 15 is 0 Å². The number of benzene rings is 2. The Bertz CT molecular complexity index is 731. The van der Waals surface area contributed by atoms with E-state index in [4.69, 9.17) is 23.7 Å². The van der Waals surface area contributed by atoms with Crippen molar-refractivity contribution < 1.29 is 33.3 Å². The maximum atomic E-state index is 12.2. The van der Waals surface area contributed by atoms with Gasteiger partial charge in [0.2, 0.25) is 5.75 Å². The lowest BCUT2D eigenvalue weighted by Crippen LogP contribution is -2.16. The van der Waals surface area contributed by atoms with Crippen LogP contribution in [0.25, 0.3) is 0 Å². The number of hydrogen-bond acceptors (Lipinski definition) is 7. The van der Waals surface area contributed by atoms with Crippen LogP contribution in [-0.4, -0.2) is 39.9 Å². The summed E-state index contributed by atoms with van der Waals surface area (Å²) in [5.74, 6) is -0.375. The monoisotopic (exact) mass is 360 g/mol. The Kier molecular flexibility index (Phi) is 6.84. The highest BCUT2D eigenvalue weighted by Gasteiger charge is 2.18. The fraction of sp³-hybridized carbons (Fsp3) is 0.263. The number of esters is 2. The molecule has 0 bridgehead atoms. The molecule has 138 valence electrons. The molecule has 0 aliphatic rings. The zero-order valence-corrected chi connectivity index (χ0v) is 14.8. The summed E-state index contributed by atoms with van der Waals surface area (Å²) in [4.78, 5) is 23.9. The first-order valence-electron chi connectivity index (χ1n) is 7.75. The summed E-state index contributed by atoms with van der Waals surface area (Å²) in [7, 11) is 4.34. The molecule has 7 heteroatoms. The van der Waals surface area contributed by atoms with Crippen molar-refractivity contribution in [1.82, 2.24) is 0 Å². The van der Waals surface area contributed by atoms with Crippen molar-refractivity contribution in [1.29, 1.82) is 0 Å². The van der Waals surface area contributed by atoms with Gasteiger partial charge in [-0.05, 0) is 17.7 Å². The molecule has 0 aliphatic heterocycles. The molecule has 0 aliphatic carbocycles. The van der Waals surface area contributed by atoms with Gasteiger partial charge in [0.25, 0.3) is 0 Å². The Hall–Kier alpha value is -3.22. The third kappa shape index (κ3) is 4.89. The molecular weight excluding hydrogens is 340 g/mol. The van der Waals surface area contributed by atoms with Gasteiger partial charge in [-0.25, -0.2) is 9.59 Å². The summed E-state index contributed by atoms with van der Waals surface area (Å²) < 4.78 is 25.6. The summed E-state index contributed by atoms with van der Waals surface area (Å²) >= 11 is 0. The normalized spacial score (nSPS) is 9.96. The summed E-state index contributed by atoms with van der Waals surface area (Å²) in [5.41, 5.74) is 1.01. The first kappa shape index (κ1) is 19.1. The molecule has 0 amide bonds. The van der Waals surface area contributed by atoms with Crippen LogP contribution in [0.1, 0.15) is 15.9 Å². The Balaban J connectivity index is 1.95. The highest BCUT2D eigenvalue weighted by atomic mass is 16.6. The van der Waals surface area contributed by atoms with Crippen LogP contribution in [0.4, 0.5) is 0 Å². The third-order valence-corrected chi connectivity index (χ3v) is 3.46. The minimum absolute atomic E-state index is 0.113. The van der Waals surface area contributed by atoms with Gasteiger partial charge in [0, 0.05) is 0 Å². The standard InChI is InChI=1S/C19H20O7/c1-22-15-9-14(10-16(23-2)18(15)24-3)19(21)26-12-17(20)25-11-13-7-5-4-6-8-13/h4-10H,11-12H2,1-3H3. The van der Waals surface area contributed by atoms with Crippen LogP contribution in [0.15, 0.2) is 42.5 Å². The molecule has 7 nitrogen and oxygen atoms in total. The summed E-state index contributed by atoms with van der Waals surface area (Å²) in [6.45, 7) is -0.385. The Morgan fingerprint density at radius 2 is 1.46 bits per heavy atom. The number of methoxy groups -OCH3 is 3. The van der Waals surface area contributed by atoms with Crippen LogP contribution in [0.5, 0.6) is 17.2 Å². The van der Waals surface area contributed by atoms with Crippen molar-refractivity contribution in [3.8, 4) is 17.2 Å². The Labute approximate surface area is 151 Å². The number of ether oxygens (including phenoxy) is 5. The molecule has 26 heavy (non-hydrogen) atoms. The quantitative estimate of drug-likeness (QED) is 0.669. The maximum absolute atomic E-state index is 12.2. The van der Waals surface area contributed by atoms with E-state index in [2.05, 4.69) is 0 Å². The first-order chi connectivity index (χ1) is 12.6. The van der Waals surface area contributed by atoms with E-state index in [1.165, 1.54) is 33.5 Å². The average Bonchev–Trinajstić information content (AvgIpc) is 2.69. The van der Waals surface area contributed by atoms with Gasteiger partial charge in [-0.1, -0.05) is 30.3 Å². The molecule has 0 atom stereocenters. The van der Waals surface area contributed by atoms with Crippen molar-refractivity contribution in [3.63, 3.8) is 0 Å². The molecule has 0 saturated carbocycles. The minimum atomic E-state index is -0.707. The highest BCUT2D eigenvalue weighted by Crippen LogP contribution is 2.38. The van der Waals surface area contributed by atoms with Crippen LogP contribution in [0.2, 0.25) is 0 Å². The van der Waals surface area contributed by atoms with Gasteiger partial charge < -0.3 is 23.7 Å². The molecule has 0 N–H and O–H groups in total. The van der Waals surface area contributed by atoms with Crippen LogP contribution >= 0.6 is 0 Å². The molecule has 0 heterocycles. The molecule has 2 aromatic rings. The largest absolute Gasteiger partial charge is 0.493 e. The molecule has 2 rings (SSSR count). The number of hydrogen-bond donors (Lipinski definition) is 0. The lowest BCUT2D eigenvalue weighted by molar-refractivity contribution is -0.148. The van der Waals surface area contributed by atoms with Gasteiger partial charge in [0.15, 0.2) is 18.1 Å². The summed E-state index contributed by atoms with van der Waals surface area (Å²) in [6, 6.07) is 12.1. The van der Waals surface area contributed by atoms with E-state index in [1.807, 2.05) is 30.3 Å². The van der Waals surface area contributed by atoms with E-state index < -0.39 is 18.5 Å². The Morgan fingerprint density at radius 3 is 2.00 bits per heavy atom. The topological polar surface area (TPSA) is 80.3 Å².